The Morgan fingerprint density at radius 3 is 2.08 bits per heavy atom. The van der Waals surface area contributed by atoms with Crippen LogP contribution in [0.15, 0.2) is 0 Å². The summed E-state index contributed by atoms with van der Waals surface area (Å²) < 4.78 is 0. The molecule has 12 heavy (non-hydrogen) atoms. The molecule has 0 fully saturated rings. The Bertz CT molecular complexity index is 108. The molecular weight excluding hydrogens is 146 g/mol. The predicted octanol–water partition coefficient (Wildman–Crippen LogP) is 3.15. The fraction of sp³-hybridized carbons (Fsp3) is 1.00. The SMILES string of the molecule is CCCN(C)CC(C)(C)CCC. The molecule has 0 aliphatic heterocycles. The molecule has 0 atom stereocenters. The van der Waals surface area contributed by atoms with Crippen LogP contribution in [0.5, 0.6) is 0 Å². The van der Waals surface area contributed by atoms with Gasteiger partial charge in [0, 0.05) is 6.54 Å². The summed E-state index contributed by atoms with van der Waals surface area (Å²) in [6.07, 6.45) is 3.90. The summed E-state index contributed by atoms with van der Waals surface area (Å²) in [7, 11) is 2.22. The van der Waals surface area contributed by atoms with Gasteiger partial charge in [0.1, 0.15) is 0 Å². The van der Waals surface area contributed by atoms with Crippen LogP contribution >= 0.6 is 0 Å². The molecule has 0 aromatic carbocycles. The van der Waals surface area contributed by atoms with Crippen LogP contribution in [0.4, 0.5) is 0 Å². The molecular formula is C11H25N. The quantitative estimate of drug-likeness (QED) is 0.593. The van der Waals surface area contributed by atoms with E-state index in [0.29, 0.717) is 5.41 Å². The number of nitrogens with zero attached hydrogens (tertiary/aromatic N) is 1. The van der Waals surface area contributed by atoms with E-state index in [1.165, 1.54) is 32.4 Å². The summed E-state index contributed by atoms with van der Waals surface area (Å²) >= 11 is 0. The van der Waals surface area contributed by atoms with Crippen LogP contribution in [0.3, 0.4) is 0 Å². The van der Waals surface area contributed by atoms with Gasteiger partial charge < -0.3 is 4.90 Å². The molecule has 0 unspecified atom stereocenters. The first-order valence-electron chi connectivity index (χ1n) is 5.20. The van der Waals surface area contributed by atoms with E-state index in [-0.39, 0.29) is 0 Å². The zero-order chi connectivity index (χ0) is 9.61. The van der Waals surface area contributed by atoms with Crippen LogP contribution in [-0.2, 0) is 0 Å². The third-order valence-electron chi connectivity index (χ3n) is 2.23. The van der Waals surface area contributed by atoms with E-state index in [0.717, 1.165) is 0 Å². The van der Waals surface area contributed by atoms with Gasteiger partial charge in [0.25, 0.3) is 0 Å². The van der Waals surface area contributed by atoms with Crippen molar-refractivity contribution in [1.29, 1.82) is 0 Å². The normalized spacial score (nSPS) is 12.5. The van der Waals surface area contributed by atoms with Gasteiger partial charge in [0.2, 0.25) is 0 Å². The van der Waals surface area contributed by atoms with E-state index in [1.807, 2.05) is 0 Å². The zero-order valence-corrected chi connectivity index (χ0v) is 9.48. The van der Waals surface area contributed by atoms with Gasteiger partial charge >= 0.3 is 0 Å². The molecule has 0 radical (unpaired) electrons. The lowest BCUT2D eigenvalue weighted by atomic mass is 9.87. The Labute approximate surface area is 78.1 Å². The van der Waals surface area contributed by atoms with Crippen molar-refractivity contribution in [2.75, 3.05) is 20.1 Å². The number of hydrogen-bond donors (Lipinski definition) is 0. The van der Waals surface area contributed by atoms with Crippen molar-refractivity contribution in [2.45, 2.75) is 47.0 Å². The molecule has 0 aromatic rings. The average Bonchev–Trinajstić information content (AvgIpc) is 1.85. The third-order valence-corrected chi connectivity index (χ3v) is 2.23. The van der Waals surface area contributed by atoms with E-state index in [4.69, 9.17) is 0 Å². The Balaban J connectivity index is 3.70. The molecule has 74 valence electrons. The second-order valence-electron chi connectivity index (χ2n) is 4.65. The molecule has 0 aromatic heterocycles. The highest BCUT2D eigenvalue weighted by Crippen LogP contribution is 2.22. The molecule has 0 amide bonds. The van der Waals surface area contributed by atoms with Crippen LogP contribution in [0, 0.1) is 5.41 Å². The highest BCUT2D eigenvalue weighted by molar-refractivity contribution is 4.71. The van der Waals surface area contributed by atoms with Crippen LogP contribution in [0.25, 0.3) is 0 Å². The molecule has 0 aliphatic rings. The minimum Gasteiger partial charge on any atom is -0.306 e. The van der Waals surface area contributed by atoms with Crippen molar-refractivity contribution < 1.29 is 0 Å². The monoisotopic (exact) mass is 171 g/mol. The topological polar surface area (TPSA) is 3.24 Å². The lowest BCUT2D eigenvalue weighted by Crippen LogP contribution is -2.31. The predicted molar refractivity (Wildman–Crippen MR) is 56.5 cm³/mol. The molecule has 0 heterocycles. The Morgan fingerprint density at radius 1 is 1.08 bits per heavy atom. The minimum atomic E-state index is 0.499. The lowest BCUT2D eigenvalue weighted by molar-refractivity contribution is 0.197. The largest absolute Gasteiger partial charge is 0.306 e. The van der Waals surface area contributed by atoms with Crippen molar-refractivity contribution in [3.63, 3.8) is 0 Å². The van der Waals surface area contributed by atoms with Gasteiger partial charge in [-0.3, -0.25) is 0 Å². The number of hydrogen-bond acceptors (Lipinski definition) is 1. The van der Waals surface area contributed by atoms with E-state index < -0.39 is 0 Å². The van der Waals surface area contributed by atoms with E-state index in [2.05, 4.69) is 39.6 Å². The maximum Gasteiger partial charge on any atom is 0.00296 e. The third kappa shape index (κ3) is 5.59. The first-order valence-corrected chi connectivity index (χ1v) is 5.20. The summed E-state index contributed by atoms with van der Waals surface area (Å²) in [6, 6.07) is 0. The Hall–Kier alpha value is -0.0400. The van der Waals surface area contributed by atoms with Crippen LogP contribution < -0.4 is 0 Å². The van der Waals surface area contributed by atoms with E-state index in [9.17, 15) is 0 Å². The number of rotatable bonds is 6. The van der Waals surface area contributed by atoms with Gasteiger partial charge in [-0.05, 0) is 31.8 Å². The van der Waals surface area contributed by atoms with E-state index >= 15 is 0 Å². The lowest BCUT2D eigenvalue weighted by Gasteiger charge is -2.29. The van der Waals surface area contributed by atoms with Gasteiger partial charge in [-0.2, -0.15) is 0 Å². The van der Waals surface area contributed by atoms with Crippen LogP contribution in [0.2, 0.25) is 0 Å². The molecule has 1 nitrogen and oxygen atoms in total. The smallest absolute Gasteiger partial charge is 0.00296 e. The summed E-state index contributed by atoms with van der Waals surface area (Å²) in [4.78, 5) is 2.44. The van der Waals surface area contributed by atoms with E-state index in [1.54, 1.807) is 0 Å². The van der Waals surface area contributed by atoms with Gasteiger partial charge in [-0.25, -0.2) is 0 Å². The second-order valence-corrected chi connectivity index (χ2v) is 4.65. The Morgan fingerprint density at radius 2 is 1.67 bits per heavy atom. The molecule has 0 N–H and O–H groups in total. The average molecular weight is 171 g/mol. The fourth-order valence-electron chi connectivity index (χ4n) is 1.95. The fourth-order valence-corrected chi connectivity index (χ4v) is 1.95. The van der Waals surface area contributed by atoms with Gasteiger partial charge in [0.05, 0.1) is 0 Å². The standard InChI is InChI=1S/C11H25N/c1-6-8-11(3,4)10-12(5)9-7-2/h6-10H2,1-5H3. The summed E-state index contributed by atoms with van der Waals surface area (Å²) in [5.74, 6) is 0. The Kier molecular flexibility index (Phi) is 5.56. The summed E-state index contributed by atoms with van der Waals surface area (Å²) in [5.41, 5.74) is 0.499. The molecule has 0 saturated heterocycles. The summed E-state index contributed by atoms with van der Waals surface area (Å²) in [5, 5.41) is 0. The van der Waals surface area contributed by atoms with Gasteiger partial charge in [-0.15, -0.1) is 0 Å². The first kappa shape index (κ1) is 12.0. The zero-order valence-electron chi connectivity index (χ0n) is 9.48. The molecule has 0 aliphatic carbocycles. The summed E-state index contributed by atoms with van der Waals surface area (Å²) in [6.45, 7) is 11.7. The van der Waals surface area contributed by atoms with Crippen molar-refractivity contribution in [1.82, 2.24) is 4.90 Å². The molecule has 0 saturated carbocycles. The molecule has 0 spiro atoms. The molecule has 1 heteroatoms. The van der Waals surface area contributed by atoms with Crippen molar-refractivity contribution in [3.05, 3.63) is 0 Å². The minimum absolute atomic E-state index is 0.499. The van der Waals surface area contributed by atoms with Crippen molar-refractivity contribution in [2.24, 2.45) is 5.41 Å². The maximum atomic E-state index is 2.44. The van der Waals surface area contributed by atoms with Gasteiger partial charge in [0.15, 0.2) is 0 Å². The van der Waals surface area contributed by atoms with Gasteiger partial charge in [-0.1, -0.05) is 34.1 Å². The molecule has 0 rings (SSSR count). The van der Waals surface area contributed by atoms with Crippen LogP contribution in [0.1, 0.15) is 47.0 Å². The highest BCUT2D eigenvalue weighted by Gasteiger charge is 2.18. The van der Waals surface area contributed by atoms with Crippen molar-refractivity contribution >= 4 is 0 Å². The first-order chi connectivity index (χ1) is 5.52. The molecule has 0 bridgehead atoms. The maximum absolute atomic E-state index is 2.44. The highest BCUT2D eigenvalue weighted by atomic mass is 15.1. The van der Waals surface area contributed by atoms with Crippen molar-refractivity contribution in [3.8, 4) is 0 Å². The van der Waals surface area contributed by atoms with Crippen LogP contribution in [-0.4, -0.2) is 25.0 Å². The second kappa shape index (κ2) is 5.58.